The Morgan fingerprint density at radius 1 is 0.447 bits per heavy atom. The van der Waals surface area contributed by atoms with Gasteiger partial charge in [-0.25, -0.2) is 0 Å². The third-order valence-electron chi connectivity index (χ3n) is 9.42. The van der Waals surface area contributed by atoms with E-state index in [0.717, 1.165) is 49.7 Å². The van der Waals surface area contributed by atoms with Gasteiger partial charge in [-0.15, -0.1) is 0 Å². The first-order valence-electron chi connectivity index (χ1n) is 19.1. The molecule has 0 radical (unpaired) electrons. The summed E-state index contributed by atoms with van der Waals surface area (Å²) in [5.74, 6) is 0. The molecule has 0 aliphatic carbocycles. The maximum Gasteiger partial charge on any atom is 0.269 e. The fraction of sp³-hybridized carbons (Fsp3) is 0.700. The summed E-state index contributed by atoms with van der Waals surface area (Å²) in [6.45, 7) is 4.51. The summed E-state index contributed by atoms with van der Waals surface area (Å²) in [6.07, 6.45) is 29.3. The van der Waals surface area contributed by atoms with Crippen molar-refractivity contribution >= 4 is 11.4 Å². The van der Waals surface area contributed by atoms with Gasteiger partial charge in [0, 0.05) is 24.3 Å². The Morgan fingerprint density at radius 2 is 0.702 bits per heavy atom. The number of rotatable bonds is 30. The van der Waals surface area contributed by atoms with Crippen LogP contribution in [0.3, 0.4) is 0 Å². The predicted octanol–water partition coefficient (Wildman–Crippen LogP) is 13.7. The normalized spacial score (nSPS) is 12.6. The summed E-state index contributed by atoms with van der Waals surface area (Å²) in [5, 5.41) is 22.6. The monoisotopic (exact) mass is 652 g/mol. The molecule has 0 amide bonds. The first-order chi connectivity index (χ1) is 23.0. The molecule has 47 heavy (non-hydrogen) atoms. The van der Waals surface area contributed by atoms with Crippen molar-refractivity contribution < 1.29 is 14.6 Å². The Morgan fingerprint density at radius 3 is 0.957 bits per heavy atom. The molecular formula is C40H64N2O5. The second-order valence-corrected chi connectivity index (χ2v) is 13.5. The van der Waals surface area contributed by atoms with E-state index in [1.54, 1.807) is 24.3 Å². The van der Waals surface area contributed by atoms with Crippen molar-refractivity contribution in [1.29, 1.82) is 0 Å². The molecule has 2 rings (SSSR count). The fourth-order valence-corrected chi connectivity index (χ4v) is 6.43. The molecule has 7 heteroatoms. The third-order valence-corrected chi connectivity index (χ3v) is 9.42. The smallest absolute Gasteiger partial charge is 0.269 e. The van der Waals surface area contributed by atoms with Crippen LogP contribution >= 0.6 is 0 Å². The van der Waals surface area contributed by atoms with E-state index in [4.69, 9.17) is 4.74 Å². The van der Waals surface area contributed by atoms with Gasteiger partial charge in [-0.2, -0.15) is 0 Å². The highest BCUT2D eigenvalue weighted by Crippen LogP contribution is 2.35. The molecule has 0 spiro atoms. The lowest BCUT2D eigenvalue weighted by atomic mass is 9.98. The van der Waals surface area contributed by atoms with Crippen molar-refractivity contribution in [3.05, 3.63) is 79.9 Å². The minimum Gasteiger partial charge on any atom is -0.366 e. The molecule has 0 aliphatic heterocycles. The number of nitro benzene ring substituents is 2. The van der Waals surface area contributed by atoms with Crippen LogP contribution in [-0.4, -0.2) is 9.85 Å². The second kappa shape index (κ2) is 26.2. The molecular weight excluding hydrogens is 588 g/mol. The van der Waals surface area contributed by atoms with E-state index in [-0.39, 0.29) is 33.4 Å². The summed E-state index contributed by atoms with van der Waals surface area (Å²) < 4.78 is 6.87. The Balaban J connectivity index is 1.97. The fourth-order valence-electron chi connectivity index (χ4n) is 6.43. The average molecular weight is 653 g/mol. The van der Waals surface area contributed by atoms with Crippen LogP contribution in [0.5, 0.6) is 0 Å². The van der Waals surface area contributed by atoms with Crippen molar-refractivity contribution in [1.82, 2.24) is 0 Å². The van der Waals surface area contributed by atoms with Crippen molar-refractivity contribution in [2.45, 2.75) is 180 Å². The van der Waals surface area contributed by atoms with Crippen LogP contribution in [0, 0.1) is 20.2 Å². The standard InChI is InChI=1S/C40H64N2O5/c1-3-5-7-9-11-13-15-17-19-21-23-25-39(35-27-31-37(32-28-35)41(43)44)47-40(36-29-33-38(34-30-36)42(45)46)26-24-22-20-18-16-14-12-10-8-6-4-2/h27-34,39-40H,3-26H2,1-2H3. The van der Waals surface area contributed by atoms with Gasteiger partial charge in [-0.05, 0) is 48.2 Å². The molecule has 0 heterocycles. The van der Waals surface area contributed by atoms with E-state index in [2.05, 4.69) is 13.8 Å². The quantitative estimate of drug-likeness (QED) is 0.0475. The number of ether oxygens (including phenoxy) is 1. The van der Waals surface area contributed by atoms with Gasteiger partial charge in [-0.1, -0.05) is 155 Å². The molecule has 2 atom stereocenters. The van der Waals surface area contributed by atoms with Gasteiger partial charge in [0.15, 0.2) is 0 Å². The van der Waals surface area contributed by atoms with E-state index < -0.39 is 0 Å². The van der Waals surface area contributed by atoms with Crippen molar-refractivity contribution in [3.63, 3.8) is 0 Å². The topological polar surface area (TPSA) is 95.5 Å². The first-order valence-corrected chi connectivity index (χ1v) is 19.1. The highest BCUT2D eigenvalue weighted by Gasteiger charge is 2.22. The molecule has 2 aromatic rings. The minimum absolute atomic E-state index is 0.0788. The van der Waals surface area contributed by atoms with Crippen LogP contribution in [0.25, 0.3) is 0 Å². The maximum atomic E-state index is 11.3. The van der Waals surface area contributed by atoms with E-state index in [0.29, 0.717) is 0 Å². The molecule has 0 N–H and O–H groups in total. The van der Waals surface area contributed by atoms with Crippen LogP contribution in [0.2, 0.25) is 0 Å². The lowest BCUT2D eigenvalue weighted by molar-refractivity contribution is -0.385. The highest BCUT2D eigenvalue weighted by atomic mass is 16.6. The van der Waals surface area contributed by atoms with Gasteiger partial charge < -0.3 is 4.74 Å². The summed E-state index contributed by atoms with van der Waals surface area (Å²) in [5.41, 5.74) is 2.06. The van der Waals surface area contributed by atoms with Gasteiger partial charge in [0.1, 0.15) is 0 Å². The van der Waals surface area contributed by atoms with Crippen molar-refractivity contribution in [2.75, 3.05) is 0 Å². The van der Waals surface area contributed by atoms with E-state index >= 15 is 0 Å². The second-order valence-electron chi connectivity index (χ2n) is 13.5. The zero-order valence-corrected chi connectivity index (χ0v) is 29.7. The van der Waals surface area contributed by atoms with Gasteiger partial charge in [-0.3, -0.25) is 20.2 Å². The largest absolute Gasteiger partial charge is 0.366 e. The SMILES string of the molecule is CCCCCCCCCCCCCC(OC(CCCCCCCCCCCCC)c1ccc([N+](=O)[O-])cc1)c1ccc([N+](=O)[O-])cc1. The summed E-state index contributed by atoms with van der Waals surface area (Å²) in [4.78, 5) is 21.9. The number of non-ortho nitro benzene ring substituents is 2. The molecule has 0 saturated heterocycles. The van der Waals surface area contributed by atoms with Crippen LogP contribution in [-0.2, 0) is 4.74 Å². The first kappa shape index (κ1) is 40.4. The minimum atomic E-state index is -0.365. The van der Waals surface area contributed by atoms with E-state index in [1.807, 2.05) is 24.3 Å². The lowest BCUT2D eigenvalue weighted by Crippen LogP contribution is -2.12. The molecule has 2 unspecified atom stereocenters. The zero-order chi connectivity index (χ0) is 34.0. The lowest BCUT2D eigenvalue weighted by Gasteiger charge is -2.26. The van der Waals surface area contributed by atoms with Crippen molar-refractivity contribution in [3.8, 4) is 0 Å². The molecule has 7 nitrogen and oxygen atoms in total. The van der Waals surface area contributed by atoms with Gasteiger partial charge in [0.25, 0.3) is 11.4 Å². The number of hydrogen-bond acceptors (Lipinski definition) is 5. The molecule has 264 valence electrons. The Labute approximate surface area is 285 Å². The molecule has 2 aromatic carbocycles. The Hall–Kier alpha value is -2.80. The number of nitrogens with zero attached hydrogens (tertiary/aromatic N) is 2. The summed E-state index contributed by atoms with van der Waals surface area (Å²) in [7, 11) is 0. The van der Waals surface area contributed by atoms with Crippen molar-refractivity contribution in [2.24, 2.45) is 0 Å². The molecule has 0 saturated carbocycles. The zero-order valence-electron chi connectivity index (χ0n) is 29.7. The number of benzene rings is 2. The molecule has 0 aromatic heterocycles. The third kappa shape index (κ3) is 18.4. The van der Waals surface area contributed by atoms with E-state index in [9.17, 15) is 20.2 Å². The summed E-state index contributed by atoms with van der Waals surface area (Å²) in [6, 6.07) is 13.6. The van der Waals surface area contributed by atoms with Crippen LogP contribution in [0.4, 0.5) is 11.4 Å². The highest BCUT2D eigenvalue weighted by molar-refractivity contribution is 5.35. The van der Waals surface area contributed by atoms with Crippen LogP contribution in [0.15, 0.2) is 48.5 Å². The van der Waals surface area contributed by atoms with Gasteiger partial charge in [0.05, 0.1) is 22.1 Å². The number of hydrogen-bond donors (Lipinski definition) is 0. The van der Waals surface area contributed by atoms with E-state index in [1.165, 1.54) is 116 Å². The Kier molecular flexibility index (Phi) is 22.5. The summed E-state index contributed by atoms with van der Waals surface area (Å²) >= 11 is 0. The molecule has 0 fully saturated rings. The maximum absolute atomic E-state index is 11.3. The average Bonchev–Trinajstić information content (AvgIpc) is 3.08. The van der Waals surface area contributed by atoms with Crippen LogP contribution < -0.4 is 0 Å². The van der Waals surface area contributed by atoms with Gasteiger partial charge in [0.2, 0.25) is 0 Å². The number of nitro groups is 2. The molecule has 0 aliphatic rings. The Bertz CT molecular complexity index is 988. The van der Waals surface area contributed by atoms with Crippen LogP contribution in [0.1, 0.15) is 191 Å². The molecule has 0 bridgehead atoms. The predicted molar refractivity (Wildman–Crippen MR) is 195 cm³/mol. The number of unbranched alkanes of at least 4 members (excludes halogenated alkanes) is 20. The van der Waals surface area contributed by atoms with Gasteiger partial charge >= 0.3 is 0 Å².